The smallest absolute Gasteiger partial charge is 0.334 e. The first-order chi connectivity index (χ1) is 16.3. The number of hydrogen-bond acceptors (Lipinski definition) is 7. The van der Waals surface area contributed by atoms with E-state index >= 15 is 0 Å². The monoisotopic (exact) mass is 486 g/mol. The number of rotatable bonds is 2. The van der Waals surface area contributed by atoms with Gasteiger partial charge in [-0.05, 0) is 83.6 Å². The molecule has 2 aliphatic heterocycles. The van der Waals surface area contributed by atoms with Crippen LogP contribution >= 0.6 is 0 Å². The zero-order valence-corrected chi connectivity index (χ0v) is 21.3. The highest BCUT2D eigenvalue weighted by Crippen LogP contribution is 2.74. The lowest BCUT2D eigenvalue weighted by Crippen LogP contribution is -2.70. The fourth-order valence-corrected chi connectivity index (χ4v) is 9.39. The van der Waals surface area contributed by atoms with E-state index in [1.165, 1.54) is 0 Å². The molecule has 11 unspecified atom stereocenters. The summed E-state index contributed by atoms with van der Waals surface area (Å²) in [6.45, 7) is 9.21. The maximum atomic E-state index is 13.3. The van der Waals surface area contributed by atoms with Gasteiger partial charge in [0.1, 0.15) is 29.0 Å². The number of cyclic esters (lactones) is 1. The van der Waals surface area contributed by atoms with E-state index < -0.39 is 45.8 Å². The largest absolute Gasteiger partial charge is 0.455 e. The van der Waals surface area contributed by atoms with Gasteiger partial charge in [-0.3, -0.25) is 4.79 Å². The molecule has 0 aromatic rings. The first kappa shape index (κ1) is 23.8. The predicted molar refractivity (Wildman–Crippen MR) is 126 cm³/mol. The zero-order valence-electron chi connectivity index (χ0n) is 21.3. The van der Waals surface area contributed by atoms with Crippen LogP contribution in [-0.2, 0) is 19.1 Å². The number of fused-ring (bicyclic) bond motifs is 4. The number of ketones is 1. The van der Waals surface area contributed by atoms with Crippen molar-refractivity contribution in [1.29, 1.82) is 0 Å². The molecule has 4 aliphatic carbocycles. The first-order valence-electron chi connectivity index (χ1n) is 13.2. The molecule has 0 aromatic carbocycles. The Morgan fingerprint density at radius 2 is 1.80 bits per heavy atom. The van der Waals surface area contributed by atoms with Crippen LogP contribution in [0.2, 0.25) is 0 Å². The maximum absolute atomic E-state index is 13.3. The zero-order chi connectivity index (χ0) is 25.3. The van der Waals surface area contributed by atoms with E-state index in [0.29, 0.717) is 44.1 Å². The number of carbonyl (C=O) groups is 2. The van der Waals surface area contributed by atoms with Gasteiger partial charge in [0.2, 0.25) is 0 Å². The normalized spacial score (nSPS) is 54.3. The minimum absolute atomic E-state index is 0.0561. The van der Waals surface area contributed by atoms with Crippen LogP contribution in [0.15, 0.2) is 23.3 Å². The summed E-state index contributed by atoms with van der Waals surface area (Å²) in [5.41, 5.74) is -3.80. The summed E-state index contributed by atoms with van der Waals surface area (Å²) in [5, 5.41) is 35.8. The third-order valence-electron chi connectivity index (χ3n) is 11.9. The average molecular weight is 487 g/mol. The van der Waals surface area contributed by atoms with Crippen LogP contribution in [0.4, 0.5) is 0 Å². The number of ether oxygens (including phenoxy) is 2. The molecule has 0 radical (unpaired) electrons. The molecule has 3 saturated carbocycles. The molecule has 11 atom stereocenters. The molecular formula is C28H38O7. The quantitative estimate of drug-likeness (QED) is 0.406. The second-order valence-electron chi connectivity index (χ2n) is 12.9. The fraction of sp³-hybridized carbons (Fsp3) is 0.786. The van der Waals surface area contributed by atoms with Crippen molar-refractivity contribution in [3.05, 3.63) is 23.3 Å². The van der Waals surface area contributed by atoms with Crippen LogP contribution in [0.1, 0.15) is 73.1 Å². The van der Waals surface area contributed by atoms with E-state index in [0.717, 1.165) is 5.57 Å². The van der Waals surface area contributed by atoms with Crippen molar-refractivity contribution >= 4 is 11.8 Å². The lowest BCUT2D eigenvalue weighted by molar-refractivity contribution is -0.256. The summed E-state index contributed by atoms with van der Waals surface area (Å²) in [6, 6.07) is 0. The molecule has 2 heterocycles. The molecule has 6 aliphatic rings. The van der Waals surface area contributed by atoms with Crippen molar-refractivity contribution in [1.82, 2.24) is 0 Å². The van der Waals surface area contributed by atoms with Crippen molar-refractivity contribution < 1.29 is 34.4 Å². The fourth-order valence-electron chi connectivity index (χ4n) is 9.39. The molecule has 7 heteroatoms. The summed E-state index contributed by atoms with van der Waals surface area (Å²) < 4.78 is 11.8. The van der Waals surface area contributed by atoms with Gasteiger partial charge in [0.15, 0.2) is 5.78 Å². The number of allylic oxidation sites excluding steroid dienone is 1. The molecule has 6 rings (SSSR count). The number of esters is 1. The van der Waals surface area contributed by atoms with Crippen LogP contribution in [0, 0.1) is 28.6 Å². The van der Waals surface area contributed by atoms with Crippen LogP contribution in [0.3, 0.4) is 0 Å². The second kappa shape index (κ2) is 6.85. The second-order valence-corrected chi connectivity index (χ2v) is 12.9. The van der Waals surface area contributed by atoms with Crippen molar-refractivity contribution in [3.63, 3.8) is 0 Å². The van der Waals surface area contributed by atoms with Gasteiger partial charge in [0.25, 0.3) is 0 Å². The number of hydrogen-bond donors (Lipinski definition) is 3. The van der Waals surface area contributed by atoms with Gasteiger partial charge in [-0.25, -0.2) is 4.79 Å². The van der Waals surface area contributed by atoms with Gasteiger partial charge in [-0.1, -0.05) is 18.6 Å². The van der Waals surface area contributed by atoms with Crippen LogP contribution in [-0.4, -0.2) is 62.2 Å². The van der Waals surface area contributed by atoms with Gasteiger partial charge in [-0.2, -0.15) is 0 Å². The molecule has 0 amide bonds. The van der Waals surface area contributed by atoms with E-state index in [2.05, 4.69) is 0 Å². The van der Waals surface area contributed by atoms with Crippen LogP contribution in [0.5, 0.6) is 0 Å². The highest BCUT2D eigenvalue weighted by molar-refractivity contribution is 5.98. The maximum Gasteiger partial charge on any atom is 0.334 e. The number of aliphatic hydroxyl groups is 3. The summed E-state index contributed by atoms with van der Waals surface area (Å²) in [6.07, 6.45) is 4.85. The first-order valence-corrected chi connectivity index (χ1v) is 13.2. The van der Waals surface area contributed by atoms with Gasteiger partial charge in [-0.15, -0.1) is 0 Å². The summed E-state index contributed by atoms with van der Waals surface area (Å²) in [4.78, 5) is 25.8. The molecule has 4 fully saturated rings. The lowest BCUT2D eigenvalue weighted by Gasteiger charge is -2.61. The van der Waals surface area contributed by atoms with E-state index in [9.17, 15) is 24.9 Å². The van der Waals surface area contributed by atoms with Crippen LogP contribution < -0.4 is 0 Å². The molecule has 0 aromatic heterocycles. The SMILES string of the molecule is CC1=C(C)C(=O)OC(C(C)(O)C2(O)CCC3C4C(O)C5OC56CC=CC(=O)C6(C)C4CCC32C)C1. The molecular weight excluding hydrogens is 448 g/mol. The Hall–Kier alpha value is -1.54. The van der Waals surface area contributed by atoms with Crippen molar-refractivity contribution in [2.24, 2.45) is 28.6 Å². The Bertz CT molecular complexity index is 1080. The van der Waals surface area contributed by atoms with Crippen LogP contribution in [0.25, 0.3) is 0 Å². The Morgan fingerprint density at radius 3 is 2.49 bits per heavy atom. The van der Waals surface area contributed by atoms with Gasteiger partial charge in [0, 0.05) is 17.4 Å². The van der Waals surface area contributed by atoms with E-state index in [1.54, 1.807) is 19.9 Å². The van der Waals surface area contributed by atoms with Crippen molar-refractivity contribution in [2.45, 2.75) is 108 Å². The third kappa shape index (κ3) is 2.51. The Kier molecular flexibility index (Phi) is 4.67. The van der Waals surface area contributed by atoms with E-state index in [4.69, 9.17) is 9.47 Å². The minimum atomic E-state index is -1.67. The Morgan fingerprint density at radius 1 is 1.11 bits per heavy atom. The van der Waals surface area contributed by atoms with Gasteiger partial charge in [0.05, 0.1) is 11.5 Å². The molecule has 192 valence electrons. The minimum Gasteiger partial charge on any atom is -0.455 e. The molecule has 1 spiro atoms. The van der Waals surface area contributed by atoms with Gasteiger partial charge < -0.3 is 24.8 Å². The summed E-state index contributed by atoms with van der Waals surface area (Å²) in [7, 11) is 0. The topological polar surface area (TPSA) is 117 Å². The van der Waals surface area contributed by atoms with Crippen molar-refractivity contribution in [3.8, 4) is 0 Å². The number of aliphatic hydroxyl groups excluding tert-OH is 1. The highest BCUT2D eigenvalue weighted by atomic mass is 16.6. The molecule has 35 heavy (non-hydrogen) atoms. The number of carbonyl (C=O) groups excluding carboxylic acids is 2. The van der Waals surface area contributed by atoms with Gasteiger partial charge >= 0.3 is 5.97 Å². The van der Waals surface area contributed by atoms with E-state index in [-0.39, 0.29) is 29.6 Å². The predicted octanol–water partition coefficient (Wildman–Crippen LogP) is 2.61. The average Bonchev–Trinajstić information content (AvgIpc) is 3.47. The number of epoxide rings is 1. The lowest BCUT2D eigenvalue weighted by atomic mass is 9.43. The molecule has 0 bridgehead atoms. The summed E-state index contributed by atoms with van der Waals surface area (Å²) in [5.74, 6) is -0.739. The molecule has 3 N–H and O–H groups in total. The standard InChI is InChI=1S/C28H38O7/c1-14-13-19(34-23(31)15(14)2)26(5,32)28(33)12-9-16-20-17(8-11-24(16,28)3)25(4)18(29)7-6-10-27(25)22(35-27)21(20)30/h6-7,16-17,19-22,30,32-33H,8-13H2,1-5H3. The molecule has 7 nitrogen and oxygen atoms in total. The van der Waals surface area contributed by atoms with Crippen molar-refractivity contribution in [2.75, 3.05) is 0 Å². The Labute approximate surface area is 206 Å². The highest BCUT2D eigenvalue weighted by Gasteiger charge is 2.81. The Balaban J connectivity index is 1.37. The van der Waals surface area contributed by atoms with E-state index in [1.807, 2.05) is 26.8 Å². The summed E-state index contributed by atoms with van der Waals surface area (Å²) >= 11 is 0. The molecule has 1 saturated heterocycles. The third-order valence-corrected chi connectivity index (χ3v) is 11.9.